The monoisotopic (exact) mass is 385 g/mol. The highest BCUT2D eigenvalue weighted by atomic mass is 32.1. The Morgan fingerprint density at radius 1 is 1.26 bits per heavy atom. The Bertz CT molecular complexity index is 934. The summed E-state index contributed by atoms with van der Waals surface area (Å²) in [6.45, 7) is 3.71. The van der Waals surface area contributed by atoms with Gasteiger partial charge in [0.25, 0.3) is 5.91 Å². The third kappa shape index (κ3) is 3.75. The lowest BCUT2D eigenvalue weighted by Crippen LogP contribution is -2.36. The highest BCUT2D eigenvalue weighted by molar-refractivity contribution is 7.17. The first-order valence-corrected chi connectivity index (χ1v) is 9.36. The summed E-state index contributed by atoms with van der Waals surface area (Å²) < 4.78 is 0. The van der Waals surface area contributed by atoms with Gasteiger partial charge in [-0.15, -0.1) is 11.3 Å². The highest BCUT2D eigenvalue weighted by Crippen LogP contribution is 2.33. The molecule has 0 saturated heterocycles. The number of carbonyl (C=O) groups is 3. The van der Waals surface area contributed by atoms with Crippen LogP contribution in [0.4, 0.5) is 10.7 Å². The van der Waals surface area contributed by atoms with Gasteiger partial charge in [-0.3, -0.25) is 9.59 Å². The molecule has 0 unspecified atom stereocenters. The maximum atomic E-state index is 12.7. The number of carboxylic acids is 1. The van der Waals surface area contributed by atoms with Gasteiger partial charge < -0.3 is 10.4 Å². The third-order valence-electron chi connectivity index (χ3n) is 4.30. The van der Waals surface area contributed by atoms with Gasteiger partial charge in [0.15, 0.2) is 0 Å². The van der Waals surface area contributed by atoms with Crippen LogP contribution >= 0.6 is 11.3 Å². The number of nitrogens with one attached hydrogen (secondary N) is 1. The second kappa shape index (κ2) is 7.71. The van der Waals surface area contributed by atoms with Crippen LogP contribution in [0.3, 0.4) is 0 Å². The lowest BCUT2D eigenvalue weighted by atomic mass is 10.1. The van der Waals surface area contributed by atoms with Crippen LogP contribution in [-0.4, -0.2) is 28.6 Å². The van der Waals surface area contributed by atoms with E-state index in [4.69, 9.17) is 0 Å². The van der Waals surface area contributed by atoms with Crippen molar-refractivity contribution in [3.8, 4) is 0 Å². The van der Waals surface area contributed by atoms with Crippen LogP contribution in [-0.2, 0) is 16.0 Å². The first kappa shape index (κ1) is 18.8. The number of hydrogen-bond acceptors (Lipinski definition) is 5. The highest BCUT2D eigenvalue weighted by Gasteiger charge is 2.28. The van der Waals surface area contributed by atoms with Crippen molar-refractivity contribution in [2.24, 2.45) is 5.10 Å². The van der Waals surface area contributed by atoms with Gasteiger partial charge in [0, 0.05) is 17.7 Å². The number of hydrazone groups is 1. The Kier molecular flexibility index (Phi) is 5.36. The van der Waals surface area contributed by atoms with Crippen molar-refractivity contribution in [3.05, 3.63) is 46.3 Å². The molecule has 1 aromatic heterocycles. The largest absolute Gasteiger partial charge is 0.478 e. The molecular formula is C19H19N3O4S. The molecule has 3 rings (SSSR count). The van der Waals surface area contributed by atoms with E-state index in [0.29, 0.717) is 17.1 Å². The molecule has 2 amide bonds. The predicted molar refractivity (Wildman–Crippen MR) is 105 cm³/mol. The smallest absolute Gasteiger partial charge is 0.339 e. The molecule has 1 aliphatic rings. The summed E-state index contributed by atoms with van der Waals surface area (Å²) in [6.07, 6.45) is 0.940. The zero-order valence-electron chi connectivity index (χ0n) is 15.0. The maximum absolute atomic E-state index is 12.7. The van der Waals surface area contributed by atoms with Crippen molar-refractivity contribution in [2.75, 3.05) is 10.3 Å². The zero-order chi connectivity index (χ0) is 19.6. The minimum atomic E-state index is -1.07. The van der Waals surface area contributed by atoms with Gasteiger partial charge in [0.2, 0.25) is 5.91 Å². The molecule has 0 bridgehead atoms. The molecule has 0 saturated carbocycles. The molecule has 140 valence electrons. The molecule has 0 spiro atoms. The summed E-state index contributed by atoms with van der Waals surface area (Å²) in [5.41, 5.74) is 1.62. The number of anilines is 2. The third-order valence-corrected chi connectivity index (χ3v) is 5.36. The Morgan fingerprint density at radius 3 is 2.59 bits per heavy atom. The van der Waals surface area contributed by atoms with Crippen molar-refractivity contribution in [2.45, 2.75) is 33.1 Å². The average molecular weight is 385 g/mol. The minimum absolute atomic E-state index is 0.126. The number of thiophene rings is 1. The molecule has 0 atom stereocenters. The van der Waals surface area contributed by atoms with E-state index in [9.17, 15) is 19.5 Å². The van der Waals surface area contributed by atoms with E-state index in [0.717, 1.165) is 10.4 Å². The number of aryl methyl sites for hydroxylation is 1. The van der Waals surface area contributed by atoms with Crippen molar-refractivity contribution in [1.29, 1.82) is 0 Å². The molecule has 2 aromatic rings. The predicted octanol–water partition coefficient (Wildman–Crippen LogP) is 3.44. The van der Waals surface area contributed by atoms with E-state index in [-0.39, 0.29) is 30.0 Å². The van der Waals surface area contributed by atoms with Crippen LogP contribution < -0.4 is 10.3 Å². The van der Waals surface area contributed by atoms with Crippen molar-refractivity contribution in [3.63, 3.8) is 0 Å². The summed E-state index contributed by atoms with van der Waals surface area (Å²) in [7, 11) is 0. The molecule has 7 nitrogen and oxygen atoms in total. The van der Waals surface area contributed by atoms with Crippen molar-refractivity contribution in [1.82, 2.24) is 0 Å². The standard InChI is InChI=1S/C19H19N3O4S/c1-3-13-11(2)27-18(16(13)19(25)26)20-17(24)14-9-10-15(23)22(21-14)12-7-5-4-6-8-12/h4-8H,3,9-10H2,1-2H3,(H,20,24)(H,25,26). The minimum Gasteiger partial charge on any atom is -0.478 e. The van der Waals surface area contributed by atoms with Gasteiger partial charge in [0.1, 0.15) is 10.7 Å². The second-order valence-electron chi connectivity index (χ2n) is 6.04. The first-order valence-electron chi connectivity index (χ1n) is 8.54. The number of carboxylic acid groups (broad SMARTS) is 1. The number of aromatic carboxylic acids is 1. The number of rotatable bonds is 5. The molecule has 2 N–H and O–H groups in total. The zero-order valence-corrected chi connectivity index (χ0v) is 15.8. The molecule has 0 radical (unpaired) electrons. The molecule has 8 heteroatoms. The van der Waals surface area contributed by atoms with Gasteiger partial charge in [-0.25, -0.2) is 9.80 Å². The summed E-state index contributed by atoms with van der Waals surface area (Å²) >= 11 is 1.24. The van der Waals surface area contributed by atoms with E-state index in [1.54, 1.807) is 24.3 Å². The Morgan fingerprint density at radius 2 is 1.96 bits per heavy atom. The normalized spacial score (nSPS) is 14.1. The Hall–Kier alpha value is -3.00. The molecule has 0 aliphatic carbocycles. The Balaban J connectivity index is 1.88. The molecule has 2 heterocycles. The molecule has 0 fully saturated rings. The second-order valence-corrected chi connectivity index (χ2v) is 7.27. The van der Waals surface area contributed by atoms with Gasteiger partial charge in [-0.05, 0) is 31.0 Å². The fraction of sp³-hybridized carbons (Fsp3) is 0.263. The van der Waals surface area contributed by atoms with Gasteiger partial charge >= 0.3 is 5.97 Å². The van der Waals surface area contributed by atoms with Crippen LogP contribution in [0.5, 0.6) is 0 Å². The summed E-state index contributed by atoms with van der Waals surface area (Å²) in [4.78, 5) is 37.3. The molecule has 1 aromatic carbocycles. The van der Waals surface area contributed by atoms with Gasteiger partial charge in [0.05, 0.1) is 11.3 Å². The average Bonchev–Trinajstić information content (AvgIpc) is 2.97. The number of para-hydroxylation sites is 1. The van der Waals surface area contributed by atoms with Crippen LogP contribution in [0.25, 0.3) is 0 Å². The summed E-state index contributed by atoms with van der Waals surface area (Å²) in [6, 6.07) is 8.87. The fourth-order valence-corrected chi connectivity index (χ4v) is 4.11. The van der Waals surface area contributed by atoms with E-state index < -0.39 is 11.9 Å². The number of nitrogens with zero attached hydrogens (tertiary/aromatic N) is 2. The topological polar surface area (TPSA) is 99.1 Å². The van der Waals surface area contributed by atoms with E-state index >= 15 is 0 Å². The molecule has 1 aliphatic heterocycles. The van der Waals surface area contributed by atoms with Crippen LogP contribution in [0.15, 0.2) is 35.4 Å². The first-order chi connectivity index (χ1) is 12.9. The van der Waals surface area contributed by atoms with Crippen LogP contribution in [0.1, 0.15) is 40.6 Å². The van der Waals surface area contributed by atoms with Crippen molar-refractivity contribution >= 4 is 45.5 Å². The lowest BCUT2D eigenvalue weighted by molar-refractivity contribution is -0.118. The van der Waals surface area contributed by atoms with E-state index in [2.05, 4.69) is 10.4 Å². The molecule has 27 heavy (non-hydrogen) atoms. The van der Waals surface area contributed by atoms with Crippen LogP contribution in [0, 0.1) is 6.92 Å². The van der Waals surface area contributed by atoms with Gasteiger partial charge in [-0.1, -0.05) is 25.1 Å². The number of carbonyl (C=O) groups excluding carboxylic acids is 2. The number of amides is 2. The van der Waals surface area contributed by atoms with Gasteiger partial charge in [-0.2, -0.15) is 5.10 Å². The summed E-state index contributed by atoms with van der Waals surface area (Å²) in [5.74, 6) is -1.75. The fourth-order valence-electron chi connectivity index (χ4n) is 2.98. The van der Waals surface area contributed by atoms with E-state index in [1.165, 1.54) is 16.3 Å². The van der Waals surface area contributed by atoms with Crippen molar-refractivity contribution < 1.29 is 19.5 Å². The Labute approximate surface area is 160 Å². The SMILES string of the molecule is CCc1c(C)sc(NC(=O)C2=NN(c3ccccc3)C(=O)CC2)c1C(=O)O. The quantitative estimate of drug-likeness (QED) is 0.823. The lowest BCUT2D eigenvalue weighted by Gasteiger charge is -2.23. The maximum Gasteiger partial charge on any atom is 0.339 e. The van der Waals surface area contributed by atoms with Crippen LogP contribution in [0.2, 0.25) is 0 Å². The number of benzene rings is 1. The number of hydrogen-bond donors (Lipinski definition) is 2. The van der Waals surface area contributed by atoms with E-state index in [1.807, 2.05) is 19.9 Å². The summed E-state index contributed by atoms with van der Waals surface area (Å²) in [5, 5.41) is 17.9. The molecular weight excluding hydrogens is 366 g/mol.